The first kappa shape index (κ1) is 24.9. The number of rotatable bonds is 10. The lowest BCUT2D eigenvalue weighted by Gasteiger charge is -2.22. The van der Waals surface area contributed by atoms with Gasteiger partial charge in [-0.1, -0.05) is 19.9 Å². The summed E-state index contributed by atoms with van der Waals surface area (Å²) in [4.78, 5) is 40.0. The Labute approximate surface area is 190 Å². The van der Waals surface area contributed by atoms with Crippen molar-refractivity contribution in [3.63, 3.8) is 0 Å². The SMILES string of the molecule is CCOc1ccc(C(=O)NC(C(=O)Nc2cccc(C(=O)N(CC)CC)c2)C(C)C)cc1. The minimum atomic E-state index is -0.740. The van der Waals surface area contributed by atoms with Gasteiger partial charge in [0.2, 0.25) is 5.91 Å². The van der Waals surface area contributed by atoms with Crippen LogP contribution < -0.4 is 15.4 Å². The summed E-state index contributed by atoms with van der Waals surface area (Å²) in [5.41, 5.74) is 1.46. The second kappa shape index (κ2) is 11.9. The lowest BCUT2D eigenvalue weighted by molar-refractivity contribution is -0.118. The fourth-order valence-corrected chi connectivity index (χ4v) is 3.27. The molecule has 172 valence electrons. The molecule has 0 bridgehead atoms. The van der Waals surface area contributed by atoms with E-state index in [0.29, 0.717) is 42.3 Å². The Morgan fingerprint density at radius 3 is 2.16 bits per heavy atom. The molecule has 0 saturated heterocycles. The van der Waals surface area contributed by atoms with Gasteiger partial charge >= 0.3 is 0 Å². The van der Waals surface area contributed by atoms with E-state index in [2.05, 4.69) is 10.6 Å². The molecule has 0 aliphatic carbocycles. The highest BCUT2D eigenvalue weighted by molar-refractivity contribution is 6.02. The van der Waals surface area contributed by atoms with E-state index in [-0.39, 0.29) is 23.6 Å². The molecule has 0 spiro atoms. The van der Waals surface area contributed by atoms with Gasteiger partial charge in [-0.3, -0.25) is 14.4 Å². The van der Waals surface area contributed by atoms with Gasteiger partial charge < -0.3 is 20.3 Å². The lowest BCUT2D eigenvalue weighted by Crippen LogP contribution is -2.47. The highest BCUT2D eigenvalue weighted by Gasteiger charge is 2.25. The number of hydrogen-bond donors (Lipinski definition) is 2. The van der Waals surface area contributed by atoms with Crippen molar-refractivity contribution in [1.82, 2.24) is 10.2 Å². The van der Waals surface area contributed by atoms with Crippen LogP contribution in [0.5, 0.6) is 5.75 Å². The number of hydrogen-bond acceptors (Lipinski definition) is 4. The topological polar surface area (TPSA) is 87.7 Å². The van der Waals surface area contributed by atoms with E-state index in [1.807, 2.05) is 34.6 Å². The van der Waals surface area contributed by atoms with Gasteiger partial charge in [-0.2, -0.15) is 0 Å². The van der Waals surface area contributed by atoms with Crippen molar-refractivity contribution in [2.24, 2.45) is 5.92 Å². The van der Waals surface area contributed by atoms with E-state index in [4.69, 9.17) is 4.74 Å². The Hall–Kier alpha value is -3.35. The third kappa shape index (κ3) is 6.57. The molecular weight excluding hydrogens is 406 g/mol. The first-order valence-electron chi connectivity index (χ1n) is 11.0. The van der Waals surface area contributed by atoms with Gasteiger partial charge in [-0.05, 0) is 69.2 Å². The lowest BCUT2D eigenvalue weighted by atomic mass is 10.0. The van der Waals surface area contributed by atoms with Crippen LogP contribution in [0.15, 0.2) is 48.5 Å². The maximum atomic E-state index is 12.9. The van der Waals surface area contributed by atoms with Crippen LogP contribution in [0.2, 0.25) is 0 Å². The van der Waals surface area contributed by atoms with E-state index < -0.39 is 6.04 Å². The normalized spacial score (nSPS) is 11.6. The number of carbonyl (C=O) groups excluding carboxylic acids is 3. The quantitative estimate of drug-likeness (QED) is 0.587. The monoisotopic (exact) mass is 439 g/mol. The largest absolute Gasteiger partial charge is 0.494 e. The highest BCUT2D eigenvalue weighted by atomic mass is 16.5. The molecule has 0 aliphatic rings. The molecule has 32 heavy (non-hydrogen) atoms. The van der Waals surface area contributed by atoms with Crippen molar-refractivity contribution in [3.05, 3.63) is 59.7 Å². The van der Waals surface area contributed by atoms with Crippen molar-refractivity contribution in [1.29, 1.82) is 0 Å². The van der Waals surface area contributed by atoms with E-state index in [1.165, 1.54) is 0 Å². The van der Waals surface area contributed by atoms with Gasteiger partial charge in [-0.25, -0.2) is 0 Å². The van der Waals surface area contributed by atoms with Crippen LogP contribution in [0.3, 0.4) is 0 Å². The third-order valence-electron chi connectivity index (χ3n) is 5.09. The Morgan fingerprint density at radius 2 is 1.59 bits per heavy atom. The zero-order valence-electron chi connectivity index (χ0n) is 19.5. The highest BCUT2D eigenvalue weighted by Crippen LogP contribution is 2.16. The van der Waals surface area contributed by atoms with Gasteiger partial charge in [-0.15, -0.1) is 0 Å². The van der Waals surface area contributed by atoms with Gasteiger partial charge in [0, 0.05) is 29.9 Å². The number of ether oxygens (including phenoxy) is 1. The van der Waals surface area contributed by atoms with E-state index in [0.717, 1.165) is 0 Å². The molecule has 0 radical (unpaired) electrons. The van der Waals surface area contributed by atoms with Crippen LogP contribution in [-0.4, -0.2) is 48.4 Å². The zero-order valence-corrected chi connectivity index (χ0v) is 19.5. The maximum Gasteiger partial charge on any atom is 0.253 e. The minimum Gasteiger partial charge on any atom is -0.494 e. The number of benzene rings is 2. The number of carbonyl (C=O) groups is 3. The number of anilines is 1. The summed E-state index contributed by atoms with van der Waals surface area (Å²) in [6.07, 6.45) is 0. The van der Waals surface area contributed by atoms with Crippen molar-refractivity contribution in [3.8, 4) is 5.75 Å². The first-order valence-corrected chi connectivity index (χ1v) is 11.0. The molecule has 2 aromatic carbocycles. The molecule has 0 aromatic heterocycles. The minimum absolute atomic E-state index is 0.0877. The molecule has 7 nitrogen and oxygen atoms in total. The number of amides is 3. The van der Waals surface area contributed by atoms with Gasteiger partial charge in [0.05, 0.1) is 6.61 Å². The molecular formula is C25H33N3O4. The second-order valence-electron chi connectivity index (χ2n) is 7.70. The number of nitrogens with zero attached hydrogens (tertiary/aromatic N) is 1. The van der Waals surface area contributed by atoms with Crippen LogP contribution in [0.4, 0.5) is 5.69 Å². The average molecular weight is 440 g/mol. The Morgan fingerprint density at radius 1 is 0.938 bits per heavy atom. The van der Waals surface area contributed by atoms with Crippen LogP contribution >= 0.6 is 0 Å². The molecule has 0 aliphatic heterocycles. The fraction of sp³-hybridized carbons (Fsp3) is 0.400. The second-order valence-corrected chi connectivity index (χ2v) is 7.70. The van der Waals surface area contributed by atoms with E-state index >= 15 is 0 Å². The molecule has 1 atom stereocenters. The van der Waals surface area contributed by atoms with Crippen LogP contribution in [0, 0.1) is 5.92 Å². The molecule has 2 aromatic rings. The van der Waals surface area contributed by atoms with Crippen LogP contribution in [-0.2, 0) is 4.79 Å². The first-order chi connectivity index (χ1) is 15.3. The summed E-state index contributed by atoms with van der Waals surface area (Å²) in [6.45, 7) is 11.2. The third-order valence-corrected chi connectivity index (χ3v) is 5.09. The maximum absolute atomic E-state index is 12.9. The number of nitrogens with one attached hydrogen (secondary N) is 2. The van der Waals surface area contributed by atoms with Gasteiger partial charge in [0.25, 0.3) is 11.8 Å². The average Bonchev–Trinajstić information content (AvgIpc) is 2.78. The zero-order chi connectivity index (χ0) is 23.7. The predicted molar refractivity (Wildman–Crippen MR) is 126 cm³/mol. The molecule has 3 amide bonds. The molecule has 0 saturated carbocycles. The van der Waals surface area contributed by atoms with Crippen molar-refractivity contribution >= 4 is 23.4 Å². The molecule has 2 rings (SSSR count). The molecule has 0 heterocycles. The van der Waals surface area contributed by atoms with E-state index in [1.54, 1.807) is 53.4 Å². The Kier molecular flexibility index (Phi) is 9.25. The van der Waals surface area contributed by atoms with Crippen molar-refractivity contribution in [2.45, 2.75) is 40.7 Å². The Balaban J connectivity index is 2.11. The van der Waals surface area contributed by atoms with Crippen molar-refractivity contribution < 1.29 is 19.1 Å². The summed E-state index contributed by atoms with van der Waals surface area (Å²) < 4.78 is 5.40. The fourth-order valence-electron chi connectivity index (χ4n) is 3.27. The van der Waals surface area contributed by atoms with Crippen LogP contribution in [0.1, 0.15) is 55.3 Å². The summed E-state index contributed by atoms with van der Waals surface area (Å²) in [5, 5.41) is 5.64. The molecule has 7 heteroatoms. The van der Waals surface area contributed by atoms with E-state index in [9.17, 15) is 14.4 Å². The predicted octanol–water partition coefficient (Wildman–Crippen LogP) is 3.96. The molecule has 0 fully saturated rings. The summed E-state index contributed by atoms with van der Waals surface area (Å²) in [7, 11) is 0. The standard InChI is InChI=1S/C25H33N3O4/c1-6-28(7-2)25(31)19-10-9-11-20(16-19)26-24(30)22(17(4)5)27-23(29)18-12-14-21(15-13-18)32-8-3/h9-17,22H,6-8H2,1-5H3,(H,26,30)(H,27,29). The van der Waals surface area contributed by atoms with Gasteiger partial charge in [0.15, 0.2) is 0 Å². The van der Waals surface area contributed by atoms with Gasteiger partial charge in [0.1, 0.15) is 11.8 Å². The molecule has 2 N–H and O–H groups in total. The smallest absolute Gasteiger partial charge is 0.253 e. The molecule has 1 unspecified atom stereocenters. The Bertz CT molecular complexity index is 921. The summed E-state index contributed by atoms with van der Waals surface area (Å²) in [5.74, 6) is -0.224. The summed E-state index contributed by atoms with van der Waals surface area (Å²) in [6, 6.07) is 12.9. The van der Waals surface area contributed by atoms with Crippen LogP contribution in [0.25, 0.3) is 0 Å². The summed E-state index contributed by atoms with van der Waals surface area (Å²) >= 11 is 0. The van der Waals surface area contributed by atoms with Crippen molar-refractivity contribution in [2.75, 3.05) is 25.0 Å².